The molecule has 5 heteroatoms. The Balaban J connectivity index is 0.00000441. The first-order valence-corrected chi connectivity index (χ1v) is 7.69. The number of nitrogens with two attached hydrogens (primary N) is 1. The molecule has 0 aliphatic heterocycles. The van der Waals surface area contributed by atoms with Crippen LogP contribution in [0.2, 0.25) is 0 Å². The zero-order valence-corrected chi connectivity index (χ0v) is 14.8. The Morgan fingerprint density at radius 2 is 1.77 bits per heavy atom. The highest BCUT2D eigenvalue weighted by Crippen LogP contribution is 2.27. The number of ether oxygens (including phenoxy) is 1. The second kappa shape index (κ2) is 9.82. The monoisotopic (exact) mass is 328 g/mol. The summed E-state index contributed by atoms with van der Waals surface area (Å²) in [5.41, 5.74) is 7.22. The normalized spacial score (nSPS) is 11.2. The molecule has 0 saturated heterocycles. The van der Waals surface area contributed by atoms with E-state index in [9.17, 15) is 4.79 Å². The Bertz CT molecular complexity index is 434. The first-order valence-electron chi connectivity index (χ1n) is 7.69. The van der Waals surface area contributed by atoms with Crippen LogP contribution in [0.1, 0.15) is 46.1 Å². The van der Waals surface area contributed by atoms with Crippen LogP contribution < -0.4 is 11.1 Å². The highest BCUT2D eigenvalue weighted by molar-refractivity contribution is 5.95. The summed E-state index contributed by atoms with van der Waals surface area (Å²) in [5, 5.41) is 2.97. The number of rotatable bonds is 8. The Morgan fingerprint density at radius 3 is 2.18 bits per heavy atom. The molecule has 0 fully saturated rings. The van der Waals surface area contributed by atoms with E-state index in [0.29, 0.717) is 13.2 Å². The van der Waals surface area contributed by atoms with Crippen LogP contribution in [0.15, 0.2) is 24.3 Å². The van der Waals surface area contributed by atoms with Crippen LogP contribution >= 0.6 is 12.4 Å². The van der Waals surface area contributed by atoms with Crippen LogP contribution in [0, 0.1) is 5.41 Å². The third kappa shape index (κ3) is 5.59. The average molecular weight is 329 g/mol. The largest absolute Gasteiger partial charge is 0.374 e. The minimum atomic E-state index is -0.473. The molecule has 0 saturated carbocycles. The lowest BCUT2D eigenvalue weighted by atomic mass is 9.81. The van der Waals surface area contributed by atoms with E-state index < -0.39 is 5.41 Å². The molecule has 4 nitrogen and oxygen atoms in total. The maximum atomic E-state index is 12.4. The predicted molar refractivity (Wildman–Crippen MR) is 94.3 cm³/mol. The third-order valence-electron chi connectivity index (χ3n) is 4.02. The molecule has 1 aromatic carbocycles. The highest BCUT2D eigenvalue weighted by atomic mass is 35.5. The number of anilines is 1. The molecule has 1 rings (SSSR count). The molecule has 0 aliphatic rings. The van der Waals surface area contributed by atoms with E-state index in [2.05, 4.69) is 5.32 Å². The molecular weight excluding hydrogens is 300 g/mol. The molecule has 0 atom stereocenters. The van der Waals surface area contributed by atoms with Crippen molar-refractivity contribution >= 4 is 24.0 Å². The molecule has 0 bridgehead atoms. The lowest BCUT2D eigenvalue weighted by Gasteiger charge is -2.28. The van der Waals surface area contributed by atoms with Gasteiger partial charge in [-0.15, -0.1) is 12.4 Å². The fourth-order valence-electron chi connectivity index (χ4n) is 2.16. The molecule has 0 aromatic heterocycles. The summed E-state index contributed by atoms with van der Waals surface area (Å²) >= 11 is 0. The van der Waals surface area contributed by atoms with Crippen molar-refractivity contribution < 1.29 is 9.53 Å². The molecule has 0 spiro atoms. The number of halogens is 1. The van der Waals surface area contributed by atoms with E-state index in [1.807, 2.05) is 52.0 Å². The molecule has 0 heterocycles. The van der Waals surface area contributed by atoms with E-state index in [4.69, 9.17) is 10.5 Å². The minimum Gasteiger partial charge on any atom is -0.374 e. The number of carbonyl (C=O) groups excluding carboxylic acids is 1. The van der Waals surface area contributed by atoms with Crippen LogP contribution in [0.25, 0.3) is 0 Å². The van der Waals surface area contributed by atoms with Gasteiger partial charge in [-0.3, -0.25) is 4.79 Å². The van der Waals surface area contributed by atoms with Gasteiger partial charge in [0, 0.05) is 12.2 Å². The number of amides is 1. The maximum absolute atomic E-state index is 12.4. The Morgan fingerprint density at radius 1 is 1.23 bits per heavy atom. The van der Waals surface area contributed by atoms with Crippen LogP contribution in [0.3, 0.4) is 0 Å². The summed E-state index contributed by atoms with van der Waals surface area (Å²) in [4.78, 5) is 12.4. The van der Waals surface area contributed by atoms with Crippen molar-refractivity contribution in [2.45, 2.75) is 53.2 Å². The molecule has 1 aromatic rings. The van der Waals surface area contributed by atoms with Gasteiger partial charge in [0.25, 0.3) is 0 Å². The molecular formula is C17H29ClN2O2. The maximum Gasteiger partial charge on any atom is 0.231 e. The number of hydrogen-bond acceptors (Lipinski definition) is 3. The molecule has 0 aliphatic carbocycles. The second-order valence-electron chi connectivity index (χ2n) is 5.70. The molecule has 0 unspecified atom stereocenters. The van der Waals surface area contributed by atoms with E-state index in [1.165, 1.54) is 0 Å². The topological polar surface area (TPSA) is 64.4 Å². The summed E-state index contributed by atoms with van der Waals surface area (Å²) < 4.78 is 5.55. The van der Waals surface area contributed by atoms with Crippen LogP contribution in [-0.2, 0) is 16.1 Å². The zero-order chi connectivity index (χ0) is 15.9. The first kappa shape index (κ1) is 20.9. The average Bonchev–Trinajstić information content (AvgIpc) is 2.49. The van der Waals surface area contributed by atoms with Crippen molar-refractivity contribution in [1.82, 2.24) is 0 Å². The lowest BCUT2D eigenvalue weighted by Crippen LogP contribution is -2.41. The quantitative estimate of drug-likeness (QED) is 0.764. The van der Waals surface area contributed by atoms with Gasteiger partial charge < -0.3 is 15.8 Å². The van der Waals surface area contributed by atoms with Crippen LogP contribution in [0.4, 0.5) is 5.69 Å². The van der Waals surface area contributed by atoms with E-state index in [1.54, 1.807) is 0 Å². The third-order valence-corrected chi connectivity index (χ3v) is 4.02. The van der Waals surface area contributed by atoms with Gasteiger partial charge in [-0.2, -0.15) is 0 Å². The minimum absolute atomic E-state index is 0. The standard InChI is InChI=1S/C17H28N2O2.ClH/c1-5-17(6-2,12-18)16(20)19-15-9-7-14(8-10-15)11-21-13(3)4;/h7-10,13H,5-6,11-12,18H2,1-4H3,(H,19,20);1H. The van der Waals surface area contributed by atoms with Crippen molar-refractivity contribution in [2.24, 2.45) is 11.1 Å². The molecule has 3 N–H and O–H groups in total. The molecule has 0 radical (unpaired) electrons. The Labute approximate surface area is 140 Å². The fourth-order valence-corrected chi connectivity index (χ4v) is 2.16. The summed E-state index contributed by atoms with van der Waals surface area (Å²) in [7, 11) is 0. The zero-order valence-electron chi connectivity index (χ0n) is 14.0. The smallest absolute Gasteiger partial charge is 0.231 e. The molecule has 126 valence electrons. The lowest BCUT2D eigenvalue weighted by molar-refractivity contribution is -0.125. The van der Waals surface area contributed by atoms with Crippen molar-refractivity contribution in [3.05, 3.63) is 29.8 Å². The van der Waals surface area contributed by atoms with Gasteiger partial charge in [-0.1, -0.05) is 26.0 Å². The van der Waals surface area contributed by atoms with Crippen molar-refractivity contribution in [3.63, 3.8) is 0 Å². The fraction of sp³-hybridized carbons (Fsp3) is 0.588. The first-order chi connectivity index (χ1) is 9.97. The molecule has 1 amide bonds. The summed E-state index contributed by atoms with van der Waals surface area (Å²) in [5.74, 6) is 0.00109. The molecule has 22 heavy (non-hydrogen) atoms. The van der Waals surface area contributed by atoms with Gasteiger partial charge in [-0.05, 0) is 44.4 Å². The van der Waals surface area contributed by atoms with Gasteiger partial charge in [0.05, 0.1) is 18.1 Å². The van der Waals surface area contributed by atoms with Crippen LogP contribution in [0.5, 0.6) is 0 Å². The van der Waals surface area contributed by atoms with Gasteiger partial charge in [0.15, 0.2) is 0 Å². The van der Waals surface area contributed by atoms with E-state index in [0.717, 1.165) is 24.1 Å². The number of nitrogens with one attached hydrogen (secondary N) is 1. The van der Waals surface area contributed by atoms with E-state index >= 15 is 0 Å². The van der Waals surface area contributed by atoms with Crippen molar-refractivity contribution in [2.75, 3.05) is 11.9 Å². The van der Waals surface area contributed by atoms with Gasteiger partial charge in [0.2, 0.25) is 5.91 Å². The van der Waals surface area contributed by atoms with Crippen molar-refractivity contribution in [3.8, 4) is 0 Å². The van der Waals surface area contributed by atoms with E-state index in [-0.39, 0.29) is 24.4 Å². The van der Waals surface area contributed by atoms with Crippen molar-refractivity contribution in [1.29, 1.82) is 0 Å². The van der Waals surface area contributed by atoms with Gasteiger partial charge in [0.1, 0.15) is 0 Å². The van der Waals surface area contributed by atoms with Gasteiger partial charge in [-0.25, -0.2) is 0 Å². The summed E-state index contributed by atoms with van der Waals surface area (Å²) in [6.45, 7) is 8.98. The highest BCUT2D eigenvalue weighted by Gasteiger charge is 2.33. The number of benzene rings is 1. The predicted octanol–water partition coefficient (Wildman–Crippen LogP) is 3.74. The Hall–Kier alpha value is -1.10. The summed E-state index contributed by atoms with van der Waals surface area (Å²) in [6.07, 6.45) is 1.70. The Kier molecular flexibility index (Phi) is 9.33. The number of hydrogen-bond donors (Lipinski definition) is 2. The SMILES string of the molecule is CCC(CC)(CN)C(=O)Nc1ccc(COC(C)C)cc1.Cl. The summed E-state index contributed by atoms with van der Waals surface area (Å²) in [6, 6.07) is 7.76. The number of carbonyl (C=O) groups is 1. The van der Waals surface area contributed by atoms with Gasteiger partial charge >= 0.3 is 0 Å². The van der Waals surface area contributed by atoms with Crippen LogP contribution in [-0.4, -0.2) is 18.6 Å². The second-order valence-corrected chi connectivity index (χ2v) is 5.70.